The van der Waals surface area contributed by atoms with Crippen molar-refractivity contribution in [2.45, 2.75) is 0 Å². The van der Waals surface area contributed by atoms with Gasteiger partial charge in [-0.1, -0.05) is 0 Å². The van der Waals surface area contributed by atoms with Gasteiger partial charge in [-0.3, -0.25) is 4.79 Å². The Morgan fingerprint density at radius 2 is 2.10 bits per heavy atom. The van der Waals surface area contributed by atoms with Gasteiger partial charge in [-0.25, -0.2) is 4.99 Å². The summed E-state index contributed by atoms with van der Waals surface area (Å²) in [6, 6.07) is 4.99. The molecule has 0 aromatic heterocycles. The number of carbonyl (C=O) groups is 1. The summed E-state index contributed by atoms with van der Waals surface area (Å²) in [5.41, 5.74) is 16.4. The molecule has 0 heterocycles. The van der Waals surface area contributed by atoms with Crippen molar-refractivity contribution in [3.63, 3.8) is 0 Å². The van der Waals surface area contributed by atoms with E-state index < -0.39 is 0 Å². The zero-order chi connectivity index (χ0) is 15.1. The average molecular weight is 343 g/mol. The highest BCUT2D eigenvalue weighted by atomic mass is 79.9. The maximum absolute atomic E-state index is 11.1. The first-order valence-electron chi connectivity index (χ1n) is 5.49. The van der Waals surface area contributed by atoms with Gasteiger partial charge < -0.3 is 27.3 Å². The van der Waals surface area contributed by atoms with Crippen LogP contribution in [0.1, 0.15) is 0 Å². The Kier molecular flexibility index (Phi) is 5.78. The van der Waals surface area contributed by atoms with Crippen LogP contribution in [0.3, 0.4) is 0 Å². The molecule has 20 heavy (non-hydrogen) atoms. The summed E-state index contributed by atoms with van der Waals surface area (Å²) >= 11 is 3.31. The van der Waals surface area contributed by atoms with E-state index in [1.807, 2.05) is 0 Å². The van der Waals surface area contributed by atoms with Crippen molar-refractivity contribution in [3.8, 4) is 5.75 Å². The fourth-order valence-corrected chi connectivity index (χ4v) is 1.50. The van der Waals surface area contributed by atoms with Gasteiger partial charge in [0.05, 0.1) is 5.69 Å². The number of likely N-dealkylation sites (N-methyl/N-ethyl adjacent to an activating group) is 1. The maximum Gasteiger partial charge on any atom is 0.257 e. The average Bonchev–Trinajstić information content (AvgIpc) is 2.38. The predicted octanol–water partition coefficient (Wildman–Crippen LogP) is -0.206. The lowest BCUT2D eigenvalue weighted by atomic mass is 10.3. The first-order valence-corrected chi connectivity index (χ1v) is 6.28. The number of nitrogens with zero attached hydrogens (tertiary/aromatic N) is 2. The molecule has 0 spiro atoms. The van der Waals surface area contributed by atoms with Crippen molar-refractivity contribution in [2.75, 3.05) is 13.7 Å². The van der Waals surface area contributed by atoms with Crippen molar-refractivity contribution in [1.29, 1.82) is 0 Å². The van der Waals surface area contributed by atoms with Gasteiger partial charge in [0, 0.05) is 17.6 Å². The standard InChI is InChI=1S/C11H15BrN6O2/c1-16-9(19)5-20-6-2-3-7(12)8(4-6)17-11(15)18-10(13)14/h2-4H,5H2,1H3,(H,16,19)(H6,13,14,15,17,18). The van der Waals surface area contributed by atoms with Crippen LogP contribution in [-0.4, -0.2) is 31.5 Å². The summed E-state index contributed by atoms with van der Waals surface area (Å²) in [4.78, 5) is 18.7. The fraction of sp³-hybridized carbons (Fsp3) is 0.182. The fourth-order valence-electron chi connectivity index (χ4n) is 1.17. The van der Waals surface area contributed by atoms with Gasteiger partial charge in [0.25, 0.3) is 5.91 Å². The minimum Gasteiger partial charge on any atom is -0.484 e. The molecule has 0 radical (unpaired) electrons. The molecule has 1 aromatic rings. The van der Waals surface area contributed by atoms with Gasteiger partial charge in [0.2, 0.25) is 5.96 Å². The van der Waals surface area contributed by atoms with Crippen LogP contribution in [0.15, 0.2) is 32.7 Å². The first-order chi connectivity index (χ1) is 9.42. The van der Waals surface area contributed by atoms with Gasteiger partial charge >= 0.3 is 0 Å². The van der Waals surface area contributed by atoms with Crippen LogP contribution < -0.4 is 27.3 Å². The number of nitrogens with one attached hydrogen (secondary N) is 1. The van der Waals surface area contributed by atoms with E-state index in [9.17, 15) is 4.79 Å². The number of amides is 1. The third-order valence-corrected chi connectivity index (χ3v) is 2.72. The van der Waals surface area contributed by atoms with Crippen LogP contribution in [0.4, 0.5) is 5.69 Å². The van der Waals surface area contributed by atoms with Crippen molar-refractivity contribution in [2.24, 2.45) is 27.2 Å². The number of ether oxygens (including phenoxy) is 1. The van der Waals surface area contributed by atoms with Crippen molar-refractivity contribution in [3.05, 3.63) is 22.7 Å². The molecule has 0 unspecified atom stereocenters. The number of guanidine groups is 2. The van der Waals surface area contributed by atoms with Crippen LogP contribution >= 0.6 is 15.9 Å². The molecule has 0 bridgehead atoms. The topological polar surface area (TPSA) is 141 Å². The lowest BCUT2D eigenvalue weighted by Crippen LogP contribution is -2.26. The lowest BCUT2D eigenvalue weighted by Gasteiger charge is -2.07. The zero-order valence-electron chi connectivity index (χ0n) is 10.8. The van der Waals surface area contributed by atoms with Crippen LogP contribution in [0.5, 0.6) is 5.75 Å². The molecular weight excluding hydrogens is 328 g/mol. The molecule has 1 aromatic carbocycles. The molecule has 0 saturated carbocycles. The van der Waals surface area contributed by atoms with E-state index in [1.165, 1.54) is 7.05 Å². The molecule has 0 aliphatic rings. The van der Waals surface area contributed by atoms with Crippen LogP contribution in [0, 0.1) is 0 Å². The van der Waals surface area contributed by atoms with E-state index in [4.69, 9.17) is 21.9 Å². The summed E-state index contributed by atoms with van der Waals surface area (Å²) in [7, 11) is 1.53. The second kappa shape index (κ2) is 7.34. The SMILES string of the molecule is CNC(=O)COc1ccc(Br)c(N=C(N)N=C(N)N)c1. The highest BCUT2D eigenvalue weighted by Gasteiger charge is 2.05. The van der Waals surface area contributed by atoms with E-state index in [1.54, 1.807) is 18.2 Å². The Bertz CT molecular complexity index is 554. The van der Waals surface area contributed by atoms with Gasteiger partial charge in [0.15, 0.2) is 12.6 Å². The van der Waals surface area contributed by atoms with E-state index in [-0.39, 0.29) is 24.4 Å². The maximum atomic E-state index is 11.1. The number of halogens is 1. The second-order valence-corrected chi connectivity index (χ2v) is 4.44. The largest absolute Gasteiger partial charge is 0.484 e. The Hall–Kier alpha value is -2.29. The summed E-state index contributed by atoms with van der Waals surface area (Å²) in [5, 5.41) is 2.45. The van der Waals surface area contributed by atoms with E-state index in [2.05, 4.69) is 31.2 Å². The number of benzene rings is 1. The number of hydrogen-bond acceptors (Lipinski definition) is 3. The lowest BCUT2D eigenvalue weighted by molar-refractivity contribution is -0.122. The molecule has 8 nitrogen and oxygen atoms in total. The second-order valence-electron chi connectivity index (χ2n) is 3.58. The molecule has 7 N–H and O–H groups in total. The van der Waals surface area contributed by atoms with Gasteiger partial charge in [-0.15, -0.1) is 0 Å². The smallest absolute Gasteiger partial charge is 0.257 e. The van der Waals surface area contributed by atoms with Gasteiger partial charge in [-0.2, -0.15) is 4.99 Å². The molecule has 108 valence electrons. The van der Waals surface area contributed by atoms with Crippen molar-refractivity contribution >= 4 is 39.4 Å². The molecule has 0 saturated heterocycles. The normalized spacial score (nSPS) is 10.8. The highest BCUT2D eigenvalue weighted by molar-refractivity contribution is 9.10. The van der Waals surface area contributed by atoms with E-state index >= 15 is 0 Å². The Labute approximate surface area is 124 Å². The van der Waals surface area contributed by atoms with Gasteiger partial charge in [-0.05, 0) is 28.1 Å². The van der Waals surface area contributed by atoms with E-state index in [0.717, 1.165) is 0 Å². The summed E-state index contributed by atoms with van der Waals surface area (Å²) in [5.74, 6) is -0.0467. The first kappa shape index (κ1) is 15.8. The molecule has 0 aliphatic carbocycles. The number of carbonyl (C=O) groups excluding carboxylic acids is 1. The Morgan fingerprint density at radius 1 is 1.40 bits per heavy atom. The van der Waals surface area contributed by atoms with Crippen molar-refractivity contribution in [1.82, 2.24) is 5.32 Å². The Balaban J connectivity index is 2.92. The third kappa shape index (κ3) is 5.14. The van der Waals surface area contributed by atoms with Crippen LogP contribution in [0.25, 0.3) is 0 Å². The summed E-state index contributed by atoms with van der Waals surface area (Å²) in [6.07, 6.45) is 0. The number of nitrogens with two attached hydrogens (primary N) is 3. The minimum absolute atomic E-state index is 0.0887. The van der Waals surface area contributed by atoms with Gasteiger partial charge in [0.1, 0.15) is 5.75 Å². The summed E-state index contributed by atoms with van der Waals surface area (Å²) < 4.78 is 5.97. The van der Waals surface area contributed by atoms with E-state index in [0.29, 0.717) is 15.9 Å². The zero-order valence-corrected chi connectivity index (χ0v) is 12.3. The Morgan fingerprint density at radius 3 is 2.70 bits per heavy atom. The molecule has 1 amide bonds. The highest BCUT2D eigenvalue weighted by Crippen LogP contribution is 2.29. The third-order valence-electron chi connectivity index (χ3n) is 2.05. The number of rotatable bonds is 4. The quantitative estimate of drug-likeness (QED) is 0.442. The molecule has 1 rings (SSSR count). The monoisotopic (exact) mass is 342 g/mol. The number of hydrogen-bond donors (Lipinski definition) is 4. The molecule has 0 aliphatic heterocycles. The predicted molar refractivity (Wildman–Crippen MR) is 80.8 cm³/mol. The number of aliphatic imine (C=N–C) groups is 2. The summed E-state index contributed by atoms with van der Waals surface area (Å²) in [6.45, 7) is -0.0926. The van der Waals surface area contributed by atoms with Crippen LogP contribution in [0.2, 0.25) is 0 Å². The molecule has 9 heteroatoms. The molecular formula is C11H15BrN6O2. The van der Waals surface area contributed by atoms with Crippen molar-refractivity contribution < 1.29 is 9.53 Å². The molecule has 0 fully saturated rings. The minimum atomic E-state index is -0.238. The molecule has 0 atom stereocenters. The van der Waals surface area contributed by atoms with Crippen LogP contribution in [-0.2, 0) is 4.79 Å².